The van der Waals surface area contributed by atoms with Crippen molar-refractivity contribution in [2.75, 3.05) is 0 Å². The van der Waals surface area contributed by atoms with Gasteiger partial charge < -0.3 is 5.73 Å². The monoisotopic (exact) mass is 204 g/mol. The van der Waals surface area contributed by atoms with E-state index in [1.54, 1.807) is 12.1 Å². The Hall–Kier alpha value is -0.310. The van der Waals surface area contributed by atoms with Crippen molar-refractivity contribution in [1.29, 1.82) is 0 Å². The van der Waals surface area contributed by atoms with E-state index in [-0.39, 0.29) is 6.04 Å². The van der Waals surface area contributed by atoms with Crippen molar-refractivity contribution in [2.24, 2.45) is 5.73 Å². The highest BCUT2D eigenvalue weighted by Gasteiger charge is 2.09. The molecule has 0 aromatic carbocycles. The molecule has 1 heterocycles. The Balaban J connectivity index is 3.04. The molecule has 0 saturated carbocycles. The molecule has 12 heavy (non-hydrogen) atoms. The van der Waals surface area contributed by atoms with E-state index in [4.69, 9.17) is 28.9 Å². The van der Waals surface area contributed by atoms with Gasteiger partial charge in [-0.2, -0.15) is 0 Å². The SMILES string of the molecule is CC[C@H](N)c1nc(Cl)ccc1Cl. The maximum atomic E-state index is 5.87. The molecule has 66 valence electrons. The van der Waals surface area contributed by atoms with Crippen molar-refractivity contribution >= 4 is 23.2 Å². The number of hydrogen-bond acceptors (Lipinski definition) is 2. The van der Waals surface area contributed by atoms with Crippen molar-refractivity contribution in [3.63, 3.8) is 0 Å². The van der Waals surface area contributed by atoms with Crippen LogP contribution in [0, 0.1) is 0 Å². The second-order valence-corrected chi connectivity index (χ2v) is 3.31. The van der Waals surface area contributed by atoms with Crippen molar-refractivity contribution in [3.05, 3.63) is 28.0 Å². The third kappa shape index (κ3) is 2.09. The lowest BCUT2D eigenvalue weighted by molar-refractivity contribution is 0.676. The number of hydrogen-bond donors (Lipinski definition) is 1. The molecule has 0 radical (unpaired) electrons. The van der Waals surface area contributed by atoms with Crippen LogP contribution in [0.1, 0.15) is 25.1 Å². The second kappa shape index (κ2) is 4.08. The van der Waals surface area contributed by atoms with Gasteiger partial charge in [-0.25, -0.2) is 4.98 Å². The minimum absolute atomic E-state index is 0.129. The van der Waals surface area contributed by atoms with Crippen molar-refractivity contribution in [3.8, 4) is 0 Å². The van der Waals surface area contributed by atoms with Crippen LogP contribution >= 0.6 is 23.2 Å². The molecule has 1 atom stereocenters. The van der Waals surface area contributed by atoms with Gasteiger partial charge in [-0.05, 0) is 18.6 Å². The highest BCUT2D eigenvalue weighted by Crippen LogP contribution is 2.22. The fraction of sp³-hybridized carbons (Fsp3) is 0.375. The van der Waals surface area contributed by atoms with Crippen molar-refractivity contribution in [2.45, 2.75) is 19.4 Å². The first-order chi connectivity index (χ1) is 5.65. The smallest absolute Gasteiger partial charge is 0.129 e. The summed E-state index contributed by atoms with van der Waals surface area (Å²) in [5, 5.41) is 1.01. The lowest BCUT2D eigenvalue weighted by Gasteiger charge is -2.09. The molecular formula is C8H10Cl2N2. The Bertz CT molecular complexity index is 276. The number of pyridine rings is 1. The summed E-state index contributed by atoms with van der Waals surface area (Å²) in [6.07, 6.45) is 0.799. The topological polar surface area (TPSA) is 38.9 Å². The lowest BCUT2D eigenvalue weighted by Crippen LogP contribution is -2.11. The Morgan fingerprint density at radius 3 is 2.75 bits per heavy atom. The van der Waals surface area contributed by atoms with Crippen LogP contribution in [-0.4, -0.2) is 4.98 Å². The average molecular weight is 205 g/mol. The summed E-state index contributed by atoms with van der Waals surface area (Å²) in [6, 6.07) is 3.23. The van der Waals surface area contributed by atoms with E-state index in [9.17, 15) is 0 Å². The summed E-state index contributed by atoms with van der Waals surface area (Å²) in [5.41, 5.74) is 6.43. The second-order valence-electron chi connectivity index (χ2n) is 2.52. The number of nitrogens with zero attached hydrogens (tertiary/aromatic N) is 1. The third-order valence-electron chi connectivity index (χ3n) is 1.63. The van der Waals surface area contributed by atoms with Crippen molar-refractivity contribution in [1.82, 2.24) is 4.98 Å². The molecule has 4 heteroatoms. The normalized spacial score (nSPS) is 13.0. The van der Waals surface area contributed by atoms with E-state index in [0.717, 1.165) is 6.42 Å². The summed E-state index contributed by atoms with van der Waals surface area (Å²) in [6.45, 7) is 1.98. The zero-order chi connectivity index (χ0) is 9.14. The molecule has 0 unspecified atom stereocenters. The summed E-state index contributed by atoms with van der Waals surface area (Å²) in [4.78, 5) is 4.05. The maximum Gasteiger partial charge on any atom is 0.129 e. The summed E-state index contributed by atoms with van der Waals surface area (Å²) < 4.78 is 0. The largest absolute Gasteiger partial charge is 0.323 e. The zero-order valence-electron chi connectivity index (χ0n) is 6.72. The van der Waals surface area contributed by atoms with Gasteiger partial charge in [-0.15, -0.1) is 0 Å². The molecule has 0 spiro atoms. The number of halogens is 2. The average Bonchev–Trinajstić information content (AvgIpc) is 2.08. The standard InChI is InChI=1S/C8H10Cl2N2/c1-2-6(11)8-5(9)3-4-7(10)12-8/h3-4,6H,2,11H2,1H3/t6-/m0/s1. The summed E-state index contributed by atoms with van der Waals surface area (Å²) in [5.74, 6) is 0. The molecule has 0 aliphatic rings. The molecule has 0 fully saturated rings. The highest BCUT2D eigenvalue weighted by atomic mass is 35.5. The molecule has 1 aromatic rings. The molecule has 0 saturated heterocycles. The van der Waals surface area contributed by atoms with Crippen LogP contribution in [0.15, 0.2) is 12.1 Å². The molecule has 0 aliphatic carbocycles. The first-order valence-corrected chi connectivity index (χ1v) is 4.48. The fourth-order valence-corrected chi connectivity index (χ4v) is 1.29. The molecule has 2 nitrogen and oxygen atoms in total. The summed E-state index contributed by atoms with van der Waals surface area (Å²) in [7, 11) is 0. The maximum absolute atomic E-state index is 5.87. The predicted octanol–water partition coefficient (Wildman–Crippen LogP) is 2.80. The summed E-state index contributed by atoms with van der Waals surface area (Å²) >= 11 is 11.6. The highest BCUT2D eigenvalue weighted by molar-refractivity contribution is 6.32. The van der Waals surface area contributed by atoms with E-state index >= 15 is 0 Å². The number of rotatable bonds is 2. The van der Waals surface area contributed by atoms with Gasteiger partial charge in [0.2, 0.25) is 0 Å². The van der Waals surface area contributed by atoms with E-state index in [1.807, 2.05) is 6.92 Å². The van der Waals surface area contributed by atoms with Crippen LogP contribution in [0.5, 0.6) is 0 Å². The number of nitrogens with two attached hydrogens (primary N) is 1. The van der Waals surface area contributed by atoms with Crippen LogP contribution in [0.3, 0.4) is 0 Å². The van der Waals surface area contributed by atoms with E-state index in [2.05, 4.69) is 4.98 Å². The Morgan fingerprint density at radius 2 is 2.17 bits per heavy atom. The Labute approximate surface area is 81.7 Å². The van der Waals surface area contributed by atoms with Gasteiger partial charge in [-0.3, -0.25) is 0 Å². The van der Waals surface area contributed by atoms with Gasteiger partial charge in [0.25, 0.3) is 0 Å². The van der Waals surface area contributed by atoms with Crippen molar-refractivity contribution < 1.29 is 0 Å². The van der Waals surface area contributed by atoms with Gasteiger partial charge in [0.15, 0.2) is 0 Å². The van der Waals surface area contributed by atoms with Crippen LogP contribution in [0.2, 0.25) is 10.2 Å². The molecule has 0 amide bonds. The van der Waals surface area contributed by atoms with Gasteiger partial charge in [0, 0.05) is 6.04 Å². The van der Waals surface area contributed by atoms with E-state index < -0.39 is 0 Å². The lowest BCUT2D eigenvalue weighted by atomic mass is 10.1. The van der Waals surface area contributed by atoms with Gasteiger partial charge in [0.05, 0.1) is 10.7 Å². The first kappa shape index (κ1) is 9.78. The Morgan fingerprint density at radius 1 is 1.50 bits per heavy atom. The van der Waals surface area contributed by atoms with Gasteiger partial charge in [-0.1, -0.05) is 30.1 Å². The molecule has 0 bridgehead atoms. The van der Waals surface area contributed by atoms with E-state index in [1.165, 1.54) is 0 Å². The predicted molar refractivity (Wildman–Crippen MR) is 51.5 cm³/mol. The molecule has 0 aliphatic heterocycles. The van der Waals surface area contributed by atoms with Gasteiger partial charge in [0.1, 0.15) is 5.15 Å². The fourth-order valence-electron chi connectivity index (χ4n) is 0.886. The molecule has 2 N–H and O–H groups in total. The molecule has 1 aromatic heterocycles. The first-order valence-electron chi connectivity index (χ1n) is 3.72. The van der Waals surface area contributed by atoms with Crippen LogP contribution in [-0.2, 0) is 0 Å². The molecular weight excluding hydrogens is 195 g/mol. The van der Waals surface area contributed by atoms with Crippen LogP contribution in [0.4, 0.5) is 0 Å². The minimum Gasteiger partial charge on any atom is -0.323 e. The Kier molecular flexibility index (Phi) is 3.32. The van der Waals surface area contributed by atoms with Crippen LogP contribution < -0.4 is 5.73 Å². The zero-order valence-corrected chi connectivity index (χ0v) is 8.23. The molecule has 1 rings (SSSR count). The van der Waals surface area contributed by atoms with Gasteiger partial charge >= 0.3 is 0 Å². The number of aromatic nitrogens is 1. The van der Waals surface area contributed by atoms with E-state index in [0.29, 0.717) is 15.9 Å². The quantitative estimate of drug-likeness (QED) is 0.754. The van der Waals surface area contributed by atoms with Crippen LogP contribution in [0.25, 0.3) is 0 Å². The minimum atomic E-state index is -0.129. The third-order valence-corrected chi connectivity index (χ3v) is 2.16.